The van der Waals surface area contributed by atoms with Crippen molar-refractivity contribution in [3.05, 3.63) is 45.0 Å². The van der Waals surface area contributed by atoms with Gasteiger partial charge in [-0.05, 0) is 18.5 Å². The van der Waals surface area contributed by atoms with E-state index in [4.69, 9.17) is 11.6 Å². The molecular weight excluding hydrogens is 258 g/mol. The normalized spacial score (nSPS) is 10.6. The summed E-state index contributed by atoms with van der Waals surface area (Å²) in [6, 6.07) is 0. The van der Waals surface area contributed by atoms with Gasteiger partial charge in [0.25, 0.3) is 0 Å². The molecule has 0 amide bonds. The first-order valence-corrected chi connectivity index (χ1v) is 5.50. The molecule has 0 N–H and O–H groups in total. The van der Waals surface area contributed by atoms with Crippen LogP contribution in [-0.4, -0.2) is 24.4 Å². The summed E-state index contributed by atoms with van der Waals surface area (Å²) < 4.78 is 1.77. The number of nitrogens with zero attached hydrogens (tertiary/aromatic N) is 5. The number of rotatable bonds is 3. The number of aryl methyl sites for hydroxylation is 2. The van der Waals surface area contributed by atoms with Gasteiger partial charge in [0.05, 0.1) is 11.3 Å². The van der Waals surface area contributed by atoms with Gasteiger partial charge in [0.15, 0.2) is 0 Å². The van der Waals surface area contributed by atoms with Crippen LogP contribution in [0.4, 0.5) is 5.69 Å². The number of halogens is 1. The van der Waals surface area contributed by atoms with E-state index in [1.54, 1.807) is 17.0 Å². The van der Waals surface area contributed by atoms with Crippen molar-refractivity contribution in [1.29, 1.82) is 0 Å². The van der Waals surface area contributed by atoms with Crippen LogP contribution in [0, 0.1) is 17.0 Å². The van der Waals surface area contributed by atoms with Crippen LogP contribution in [0.5, 0.6) is 0 Å². The molecule has 0 aliphatic heterocycles. The van der Waals surface area contributed by atoms with E-state index in [2.05, 4.69) is 15.0 Å². The van der Waals surface area contributed by atoms with Crippen molar-refractivity contribution in [3.8, 4) is 0 Å². The van der Waals surface area contributed by atoms with Gasteiger partial charge in [0, 0.05) is 19.4 Å². The highest BCUT2D eigenvalue weighted by molar-refractivity contribution is 6.28. The lowest BCUT2D eigenvalue weighted by Crippen LogP contribution is -2.07. The fourth-order valence-electron chi connectivity index (χ4n) is 1.67. The SMILES string of the molecule is Cc1nc(Cl)nc(Cc2nccn2C)c1[N+](=O)[O-]. The van der Waals surface area contributed by atoms with E-state index >= 15 is 0 Å². The molecule has 0 unspecified atom stereocenters. The maximum atomic E-state index is 11.0. The fourth-order valence-corrected chi connectivity index (χ4v) is 1.90. The second-order valence-electron chi connectivity index (χ2n) is 3.76. The summed E-state index contributed by atoms with van der Waals surface area (Å²) in [6.07, 6.45) is 3.62. The van der Waals surface area contributed by atoms with E-state index in [0.29, 0.717) is 5.82 Å². The molecule has 18 heavy (non-hydrogen) atoms. The van der Waals surface area contributed by atoms with Gasteiger partial charge in [-0.3, -0.25) is 10.1 Å². The minimum absolute atomic E-state index is 0.00214. The second kappa shape index (κ2) is 4.69. The Morgan fingerprint density at radius 3 is 2.78 bits per heavy atom. The van der Waals surface area contributed by atoms with Crippen molar-refractivity contribution in [3.63, 3.8) is 0 Å². The summed E-state index contributed by atoms with van der Waals surface area (Å²) in [6.45, 7) is 1.54. The highest BCUT2D eigenvalue weighted by Crippen LogP contribution is 2.23. The molecule has 0 fully saturated rings. The lowest BCUT2D eigenvalue weighted by Gasteiger charge is -2.05. The van der Waals surface area contributed by atoms with E-state index in [9.17, 15) is 10.1 Å². The molecule has 0 bridgehead atoms. The Hall–Kier alpha value is -2.02. The third-order valence-electron chi connectivity index (χ3n) is 2.53. The van der Waals surface area contributed by atoms with Crippen LogP contribution in [0.2, 0.25) is 5.28 Å². The molecular formula is C10H10ClN5O2. The Morgan fingerprint density at radius 1 is 1.50 bits per heavy atom. The van der Waals surface area contributed by atoms with Gasteiger partial charge in [-0.25, -0.2) is 15.0 Å². The van der Waals surface area contributed by atoms with Crippen molar-refractivity contribution >= 4 is 17.3 Å². The maximum absolute atomic E-state index is 11.0. The Morgan fingerprint density at radius 2 is 2.22 bits per heavy atom. The first-order valence-electron chi connectivity index (χ1n) is 5.12. The molecule has 0 spiro atoms. The molecule has 0 saturated heterocycles. The maximum Gasteiger partial charge on any atom is 0.312 e. The lowest BCUT2D eigenvalue weighted by atomic mass is 10.2. The van der Waals surface area contributed by atoms with Gasteiger partial charge < -0.3 is 4.57 Å². The van der Waals surface area contributed by atoms with E-state index in [1.165, 1.54) is 6.92 Å². The van der Waals surface area contributed by atoms with Crippen molar-refractivity contribution in [2.45, 2.75) is 13.3 Å². The smallest absolute Gasteiger partial charge is 0.312 e. The van der Waals surface area contributed by atoms with E-state index in [1.807, 2.05) is 7.05 Å². The molecule has 2 rings (SSSR count). The number of nitro groups is 1. The molecule has 94 valence electrons. The molecule has 0 radical (unpaired) electrons. The van der Waals surface area contributed by atoms with Crippen LogP contribution in [0.15, 0.2) is 12.4 Å². The average Bonchev–Trinajstić information content (AvgIpc) is 2.62. The summed E-state index contributed by atoms with van der Waals surface area (Å²) in [5, 5.41) is 11.0. The van der Waals surface area contributed by atoms with Crippen molar-refractivity contribution in [2.75, 3.05) is 0 Å². The van der Waals surface area contributed by atoms with E-state index < -0.39 is 4.92 Å². The Kier molecular flexibility index (Phi) is 3.24. The topological polar surface area (TPSA) is 86.7 Å². The Bertz CT molecular complexity index is 610. The third-order valence-corrected chi connectivity index (χ3v) is 2.70. The van der Waals surface area contributed by atoms with Gasteiger partial charge >= 0.3 is 5.69 Å². The zero-order valence-electron chi connectivity index (χ0n) is 9.79. The molecule has 2 aromatic heterocycles. The number of hydrogen-bond donors (Lipinski definition) is 0. The van der Waals surface area contributed by atoms with Crippen molar-refractivity contribution < 1.29 is 4.92 Å². The van der Waals surface area contributed by atoms with E-state index in [-0.39, 0.29) is 28.8 Å². The zero-order valence-corrected chi connectivity index (χ0v) is 10.5. The highest BCUT2D eigenvalue weighted by atomic mass is 35.5. The van der Waals surface area contributed by atoms with Gasteiger partial charge in [0.1, 0.15) is 17.2 Å². The predicted molar refractivity (Wildman–Crippen MR) is 64.4 cm³/mol. The third kappa shape index (κ3) is 2.30. The van der Waals surface area contributed by atoms with Gasteiger partial charge in [-0.2, -0.15) is 0 Å². The number of hydrogen-bond acceptors (Lipinski definition) is 5. The average molecular weight is 268 g/mol. The number of aromatic nitrogens is 4. The quantitative estimate of drug-likeness (QED) is 0.480. The minimum Gasteiger partial charge on any atom is -0.338 e. The largest absolute Gasteiger partial charge is 0.338 e. The Labute approximate surface area is 108 Å². The summed E-state index contributed by atoms with van der Waals surface area (Å²) in [4.78, 5) is 22.4. The van der Waals surface area contributed by atoms with Crippen LogP contribution in [0.1, 0.15) is 17.2 Å². The number of imidazole rings is 1. The minimum atomic E-state index is -0.496. The van der Waals surface area contributed by atoms with Crippen LogP contribution in [0.25, 0.3) is 0 Å². The Balaban J connectivity index is 2.49. The molecule has 2 heterocycles. The second-order valence-corrected chi connectivity index (χ2v) is 4.10. The molecule has 0 aromatic carbocycles. The van der Waals surface area contributed by atoms with Gasteiger partial charge in [-0.1, -0.05) is 0 Å². The summed E-state index contributed by atoms with van der Waals surface area (Å²) in [5.41, 5.74) is 0.415. The van der Waals surface area contributed by atoms with Gasteiger partial charge in [0.2, 0.25) is 5.28 Å². The highest BCUT2D eigenvalue weighted by Gasteiger charge is 2.22. The van der Waals surface area contributed by atoms with Crippen molar-refractivity contribution in [1.82, 2.24) is 19.5 Å². The van der Waals surface area contributed by atoms with Crippen LogP contribution in [-0.2, 0) is 13.5 Å². The van der Waals surface area contributed by atoms with Gasteiger partial charge in [-0.15, -0.1) is 0 Å². The molecule has 0 aliphatic rings. The van der Waals surface area contributed by atoms with Crippen LogP contribution >= 0.6 is 11.6 Å². The summed E-state index contributed by atoms with van der Waals surface area (Å²) in [7, 11) is 1.81. The van der Waals surface area contributed by atoms with Crippen LogP contribution in [0.3, 0.4) is 0 Å². The molecule has 0 aliphatic carbocycles. The van der Waals surface area contributed by atoms with E-state index in [0.717, 1.165) is 0 Å². The molecule has 7 nitrogen and oxygen atoms in total. The van der Waals surface area contributed by atoms with Crippen molar-refractivity contribution in [2.24, 2.45) is 7.05 Å². The standard InChI is InChI=1S/C10H10ClN5O2/c1-6-9(16(17)18)7(14-10(11)13-6)5-8-12-3-4-15(8)2/h3-4H,5H2,1-2H3. The summed E-state index contributed by atoms with van der Waals surface area (Å²) in [5.74, 6) is 0.673. The molecule has 0 saturated carbocycles. The zero-order chi connectivity index (χ0) is 13.3. The monoisotopic (exact) mass is 267 g/mol. The first kappa shape index (κ1) is 12.4. The molecule has 8 heteroatoms. The predicted octanol–water partition coefficient (Wildman–Crippen LogP) is 1.67. The molecule has 2 aromatic rings. The lowest BCUT2D eigenvalue weighted by molar-refractivity contribution is -0.386. The van der Waals surface area contributed by atoms with Crippen LogP contribution < -0.4 is 0 Å². The fraction of sp³-hybridized carbons (Fsp3) is 0.300. The molecule has 0 atom stereocenters. The first-order chi connectivity index (χ1) is 8.49. The summed E-state index contributed by atoms with van der Waals surface area (Å²) >= 11 is 5.73.